The molecular formula is C18H19N5O2. The standard InChI is InChI=1S/C18H19N5O2/c1-13(9-16(24)14-5-3-2-4-6-14)22-18(25)15-7-8-17(20-10-15)23-12-19-11-21-23/h2-8,10-13,16,24H,9H2,1H3,(H,22,25). The highest BCUT2D eigenvalue weighted by Crippen LogP contribution is 2.17. The third-order valence-corrected chi connectivity index (χ3v) is 3.80. The molecule has 25 heavy (non-hydrogen) atoms. The molecule has 2 N–H and O–H groups in total. The van der Waals surface area contributed by atoms with E-state index in [4.69, 9.17) is 0 Å². The van der Waals surface area contributed by atoms with Crippen molar-refractivity contribution < 1.29 is 9.90 Å². The number of aliphatic hydroxyl groups is 1. The normalized spacial score (nSPS) is 13.2. The maximum atomic E-state index is 12.3. The third-order valence-electron chi connectivity index (χ3n) is 3.80. The highest BCUT2D eigenvalue weighted by molar-refractivity contribution is 5.94. The lowest BCUT2D eigenvalue weighted by molar-refractivity contribution is 0.0916. The monoisotopic (exact) mass is 337 g/mol. The van der Waals surface area contributed by atoms with E-state index in [1.165, 1.54) is 23.5 Å². The van der Waals surface area contributed by atoms with Crippen LogP contribution in [0.3, 0.4) is 0 Å². The molecular weight excluding hydrogens is 318 g/mol. The van der Waals surface area contributed by atoms with Gasteiger partial charge in [-0.15, -0.1) is 0 Å². The van der Waals surface area contributed by atoms with Gasteiger partial charge in [0.05, 0.1) is 11.7 Å². The molecule has 0 radical (unpaired) electrons. The number of aliphatic hydroxyl groups excluding tert-OH is 1. The summed E-state index contributed by atoms with van der Waals surface area (Å²) in [4.78, 5) is 20.4. The molecule has 3 aromatic rings. The Morgan fingerprint density at radius 3 is 2.68 bits per heavy atom. The Bertz CT molecular complexity index is 803. The van der Waals surface area contributed by atoms with E-state index in [9.17, 15) is 9.90 Å². The number of carbonyl (C=O) groups excluding carboxylic acids is 1. The molecule has 2 unspecified atom stereocenters. The van der Waals surface area contributed by atoms with Gasteiger partial charge in [-0.25, -0.2) is 14.6 Å². The van der Waals surface area contributed by atoms with Gasteiger partial charge in [0.1, 0.15) is 12.7 Å². The predicted molar refractivity (Wildman–Crippen MR) is 92.1 cm³/mol. The van der Waals surface area contributed by atoms with Crippen molar-refractivity contribution >= 4 is 5.91 Å². The Morgan fingerprint density at radius 1 is 1.24 bits per heavy atom. The molecule has 0 spiro atoms. The number of pyridine rings is 1. The Hall–Kier alpha value is -3.06. The maximum Gasteiger partial charge on any atom is 0.253 e. The number of carbonyl (C=O) groups is 1. The number of hydrogen-bond acceptors (Lipinski definition) is 5. The van der Waals surface area contributed by atoms with Gasteiger partial charge in [0, 0.05) is 12.2 Å². The van der Waals surface area contributed by atoms with E-state index in [0.717, 1.165) is 5.56 Å². The Morgan fingerprint density at radius 2 is 2.04 bits per heavy atom. The van der Waals surface area contributed by atoms with Crippen LogP contribution in [0.4, 0.5) is 0 Å². The van der Waals surface area contributed by atoms with Gasteiger partial charge in [-0.05, 0) is 31.0 Å². The maximum absolute atomic E-state index is 12.3. The second-order valence-electron chi connectivity index (χ2n) is 5.78. The Kier molecular flexibility index (Phi) is 5.15. The summed E-state index contributed by atoms with van der Waals surface area (Å²) >= 11 is 0. The summed E-state index contributed by atoms with van der Waals surface area (Å²) in [5.74, 6) is 0.354. The van der Waals surface area contributed by atoms with Gasteiger partial charge >= 0.3 is 0 Å². The van der Waals surface area contributed by atoms with E-state index in [1.807, 2.05) is 37.3 Å². The predicted octanol–water partition coefficient (Wildman–Crippen LogP) is 1.90. The lowest BCUT2D eigenvalue weighted by Gasteiger charge is -2.18. The minimum absolute atomic E-state index is 0.183. The summed E-state index contributed by atoms with van der Waals surface area (Å²) in [6, 6.07) is 12.6. The zero-order valence-corrected chi connectivity index (χ0v) is 13.8. The molecule has 2 heterocycles. The van der Waals surface area contributed by atoms with Crippen LogP contribution in [-0.2, 0) is 0 Å². The molecule has 0 fully saturated rings. The largest absolute Gasteiger partial charge is 0.388 e. The number of aromatic nitrogens is 4. The van der Waals surface area contributed by atoms with Gasteiger partial charge in [0.15, 0.2) is 5.82 Å². The quantitative estimate of drug-likeness (QED) is 0.717. The number of nitrogens with zero attached hydrogens (tertiary/aromatic N) is 4. The van der Waals surface area contributed by atoms with E-state index >= 15 is 0 Å². The summed E-state index contributed by atoms with van der Waals surface area (Å²) in [6.45, 7) is 1.86. The summed E-state index contributed by atoms with van der Waals surface area (Å²) in [5, 5.41) is 17.1. The van der Waals surface area contributed by atoms with Crippen LogP contribution >= 0.6 is 0 Å². The fraction of sp³-hybridized carbons (Fsp3) is 0.222. The molecule has 128 valence electrons. The van der Waals surface area contributed by atoms with Crippen molar-refractivity contribution in [2.75, 3.05) is 0 Å². The van der Waals surface area contributed by atoms with E-state index in [0.29, 0.717) is 17.8 Å². The van der Waals surface area contributed by atoms with Crippen LogP contribution in [0.5, 0.6) is 0 Å². The molecule has 0 aliphatic carbocycles. The first kappa shape index (κ1) is 16.8. The lowest BCUT2D eigenvalue weighted by Crippen LogP contribution is -2.33. The Labute approximate surface area is 145 Å². The van der Waals surface area contributed by atoms with Crippen LogP contribution in [0.2, 0.25) is 0 Å². The molecule has 0 saturated carbocycles. The molecule has 0 aliphatic heterocycles. The average Bonchev–Trinajstić information content (AvgIpc) is 3.17. The summed E-state index contributed by atoms with van der Waals surface area (Å²) in [6.07, 6.45) is 4.26. The lowest BCUT2D eigenvalue weighted by atomic mass is 10.0. The Balaban J connectivity index is 1.58. The third kappa shape index (κ3) is 4.27. The van der Waals surface area contributed by atoms with Crippen molar-refractivity contribution in [2.45, 2.75) is 25.5 Å². The average molecular weight is 337 g/mol. The van der Waals surface area contributed by atoms with Crippen LogP contribution < -0.4 is 5.32 Å². The van der Waals surface area contributed by atoms with Gasteiger partial charge in [-0.1, -0.05) is 30.3 Å². The first-order valence-electron chi connectivity index (χ1n) is 7.98. The summed E-state index contributed by atoms with van der Waals surface area (Å²) < 4.78 is 1.51. The smallest absolute Gasteiger partial charge is 0.253 e. The molecule has 7 heteroatoms. The summed E-state index contributed by atoms with van der Waals surface area (Å²) in [5.41, 5.74) is 1.28. The molecule has 2 aromatic heterocycles. The van der Waals surface area contributed by atoms with Gasteiger partial charge in [-0.3, -0.25) is 4.79 Å². The van der Waals surface area contributed by atoms with Gasteiger partial charge in [-0.2, -0.15) is 5.10 Å². The van der Waals surface area contributed by atoms with Crippen LogP contribution in [0.25, 0.3) is 5.82 Å². The highest BCUT2D eigenvalue weighted by Gasteiger charge is 2.15. The number of amides is 1. The zero-order valence-electron chi connectivity index (χ0n) is 13.8. The second kappa shape index (κ2) is 7.67. The number of benzene rings is 1. The fourth-order valence-electron chi connectivity index (χ4n) is 2.49. The fourth-order valence-corrected chi connectivity index (χ4v) is 2.49. The van der Waals surface area contributed by atoms with E-state index in [2.05, 4.69) is 20.4 Å². The van der Waals surface area contributed by atoms with Gasteiger partial charge in [0.25, 0.3) is 5.91 Å². The van der Waals surface area contributed by atoms with Crippen LogP contribution in [0, 0.1) is 0 Å². The van der Waals surface area contributed by atoms with E-state index < -0.39 is 6.10 Å². The first-order valence-corrected chi connectivity index (χ1v) is 7.98. The number of hydrogen-bond donors (Lipinski definition) is 2. The van der Waals surface area contributed by atoms with Crippen molar-refractivity contribution in [1.29, 1.82) is 0 Å². The highest BCUT2D eigenvalue weighted by atomic mass is 16.3. The van der Waals surface area contributed by atoms with Crippen molar-refractivity contribution in [3.63, 3.8) is 0 Å². The minimum Gasteiger partial charge on any atom is -0.388 e. The zero-order chi connectivity index (χ0) is 17.6. The summed E-state index contributed by atoms with van der Waals surface area (Å²) in [7, 11) is 0. The molecule has 0 saturated heterocycles. The van der Waals surface area contributed by atoms with Crippen molar-refractivity contribution in [2.24, 2.45) is 0 Å². The van der Waals surface area contributed by atoms with E-state index in [-0.39, 0.29) is 11.9 Å². The molecule has 3 rings (SSSR count). The van der Waals surface area contributed by atoms with Crippen molar-refractivity contribution in [3.8, 4) is 5.82 Å². The first-order chi connectivity index (χ1) is 12.1. The van der Waals surface area contributed by atoms with Gasteiger partial charge in [0.2, 0.25) is 0 Å². The molecule has 0 aliphatic rings. The van der Waals surface area contributed by atoms with Crippen LogP contribution in [-0.4, -0.2) is 36.8 Å². The molecule has 0 bridgehead atoms. The van der Waals surface area contributed by atoms with Crippen molar-refractivity contribution in [3.05, 3.63) is 72.4 Å². The molecule has 2 atom stereocenters. The number of rotatable bonds is 6. The molecule has 1 amide bonds. The van der Waals surface area contributed by atoms with Crippen LogP contribution in [0.1, 0.15) is 35.4 Å². The second-order valence-corrected chi connectivity index (χ2v) is 5.78. The molecule has 7 nitrogen and oxygen atoms in total. The van der Waals surface area contributed by atoms with Gasteiger partial charge < -0.3 is 10.4 Å². The number of nitrogens with one attached hydrogen (secondary N) is 1. The minimum atomic E-state index is -0.621. The van der Waals surface area contributed by atoms with Crippen LogP contribution in [0.15, 0.2) is 61.3 Å². The topological polar surface area (TPSA) is 92.9 Å². The molecule has 1 aromatic carbocycles. The SMILES string of the molecule is CC(CC(O)c1ccccc1)NC(=O)c1ccc(-n2cncn2)nc1. The van der Waals surface area contributed by atoms with E-state index in [1.54, 1.807) is 12.1 Å². The van der Waals surface area contributed by atoms with Crippen molar-refractivity contribution in [1.82, 2.24) is 25.1 Å².